The molecular formula is C21H24F2N4OS. The number of aromatic nitrogens is 2. The average molecular weight is 419 g/mol. The van der Waals surface area contributed by atoms with Crippen LogP contribution in [0, 0.1) is 11.6 Å². The minimum Gasteiger partial charge on any atom is -0.339 e. The molecule has 1 aromatic carbocycles. The number of halogens is 2. The molecule has 0 saturated carbocycles. The fourth-order valence-electron chi connectivity index (χ4n) is 3.73. The summed E-state index contributed by atoms with van der Waals surface area (Å²) in [5, 5.41) is 6.04. The lowest BCUT2D eigenvalue weighted by Crippen LogP contribution is -2.47. The Hall–Kier alpha value is -2.16. The molecule has 1 fully saturated rings. The molecule has 29 heavy (non-hydrogen) atoms. The average Bonchev–Trinajstić information content (AvgIpc) is 3.40. The fourth-order valence-corrected chi connectivity index (χ4v) is 4.38. The summed E-state index contributed by atoms with van der Waals surface area (Å²) in [4.78, 5) is 10.1. The van der Waals surface area contributed by atoms with Crippen LogP contribution in [0.25, 0.3) is 10.7 Å². The lowest BCUT2D eigenvalue weighted by atomic mass is 10.1. The Morgan fingerprint density at radius 3 is 2.72 bits per heavy atom. The van der Waals surface area contributed by atoms with Crippen molar-refractivity contribution in [1.29, 1.82) is 0 Å². The molecule has 1 saturated heterocycles. The highest BCUT2D eigenvalue weighted by Crippen LogP contribution is 2.25. The van der Waals surface area contributed by atoms with E-state index in [1.807, 2.05) is 24.4 Å². The summed E-state index contributed by atoms with van der Waals surface area (Å²) < 4.78 is 32.6. The Labute approximate surface area is 173 Å². The standard InChI is InChI=1S/C21H24F2N4OS/c1-15(17-7-6-16(22)14-18(17)23)27-11-9-26(10-12-27)8-2-5-20-24-21(25-28-20)19-4-3-13-29-19/h3-4,6-7,13-15H,2,5,8-12H2,1H3. The van der Waals surface area contributed by atoms with Crippen molar-refractivity contribution in [1.82, 2.24) is 19.9 Å². The van der Waals surface area contributed by atoms with Crippen LogP contribution < -0.4 is 0 Å². The summed E-state index contributed by atoms with van der Waals surface area (Å²) in [6, 6.07) is 7.73. The van der Waals surface area contributed by atoms with Crippen LogP contribution in [0.3, 0.4) is 0 Å². The van der Waals surface area contributed by atoms with E-state index in [4.69, 9.17) is 4.52 Å². The van der Waals surface area contributed by atoms with Gasteiger partial charge < -0.3 is 9.42 Å². The minimum atomic E-state index is -0.535. The highest BCUT2D eigenvalue weighted by molar-refractivity contribution is 7.13. The first-order valence-electron chi connectivity index (χ1n) is 9.88. The highest BCUT2D eigenvalue weighted by Gasteiger charge is 2.24. The van der Waals surface area contributed by atoms with Crippen LogP contribution in [-0.2, 0) is 6.42 Å². The number of hydrogen-bond acceptors (Lipinski definition) is 6. The van der Waals surface area contributed by atoms with Gasteiger partial charge >= 0.3 is 0 Å². The number of rotatable bonds is 7. The van der Waals surface area contributed by atoms with Gasteiger partial charge in [-0.05, 0) is 37.4 Å². The predicted octanol–water partition coefficient (Wildman–Crippen LogP) is 4.39. The molecule has 3 heterocycles. The van der Waals surface area contributed by atoms with E-state index in [1.165, 1.54) is 6.07 Å². The maximum atomic E-state index is 14.1. The molecule has 3 aromatic rings. The maximum Gasteiger partial charge on any atom is 0.227 e. The van der Waals surface area contributed by atoms with E-state index in [-0.39, 0.29) is 6.04 Å². The van der Waals surface area contributed by atoms with E-state index in [0.717, 1.165) is 56.5 Å². The molecule has 4 rings (SSSR count). The second-order valence-corrected chi connectivity index (χ2v) is 8.26. The van der Waals surface area contributed by atoms with Crippen molar-refractivity contribution in [3.8, 4) is 10.7 Å². The van der Waals surface area contributed by atoms with Gasteiger partial charge in [-0.2, -0.15) is 4.98 Å². The zero-order chi connectivity index (χ0) is 20.2. The van der Waals surface area contributed by atoms with Crippen molar-refractivity contribution in [3.05, 3.63) is 58.8 Å². The van der Waals surface area contributed by atoms with Crippen molar-refractivity contribution < 1.29 is 13.3 Å². The van der Waals surface area contributed by atoms with Crippen molar-refractivity contribution >= 4 is 11.3 Å². The third-order valence-electron chi connectivity index (χ3n) is 5.44. The van der Waals surface area contributed by atoms with Gasteiger partial charge in [0.15, 0.2) is 0 Å². The Balaban J connectivity index is 1.22. The normalized spacial score (nSPS) is 16.9. The summed E-state index contributed by atoms with van der Waals surface area (Å²) in [5.41, 5.74) is 0.554. The third kappa shape index (κ3) is 4.88. The van der Waals surface area contributed by atoms with Crippen molar-refractivity contribution in [2.75, 3.05) is 32.7 Å². The first-order chi connectivity index (χ1) is 14.1. The van der Waals surface area contributed by atoms with Crippen LogP contribution in [0.15, 0.2) is 40.2 Å². The number of hydrogen-bond donors (Lipinski definition) is 0. The Bertz CT molecular complexity index is 923. The zero-order valence-electron chi connectivity index (χ0n) is 16.4. The topological polar surface area (TPSA) is 45.4 Å². The van der Waals surface area contributed by atoms with Crippen molar-refractivity contribution in [2.45, 2.75) is 25.8 Å². The van der Waals surface area contributed by atoms with Gasteiger partial charge in [-0.1, -0.05) is 17.3 Å². The minimum absolute atomic E-state index is 0.0631. The summed E-state index contributed by atoms with van der Waals surface area (Å²) in [6.45, 7) is 6.52. The second-order valence-electron chi connectivity index (χ2n) is 7.31. The SMILES string of the molecule is CC(c1ccc(F)cc1F)N1CCN(CCCc2nc(-c3cccs3)no2)CC1. The summed E-state index contributed by atoms with van der Waals surface area (Å²) in [6.07, 6.45) is 1.71. The Morgan fingerprint density at radius 2 is 2.00 bits per heavy atom. The van der Waals surface area contributed by atoms with Gasteiger partial charge in [0.25, 0.3) is 0 Å². The van der Waals surface area contributed by atoms with Crippen molar-refractivity contribution in [3.63, 3.8) is 0 Å². The number of benzene rings is 1. The van der Waals surface area contributed by atoms with Gasteiger partial charge in [0.05, 0.1) is 4.88 Å². The molecule has 1 aliphatic rings. The van der Waals surface area contributed by atoms with Crippen LogP contribution in [-0.4, -0.2) is 52.7 Å². The molecule has 8 heteroatoms. The first-order valence-corrected chi connectivity index (χ1v) is 10.8. The van der Waals surface area contributed by atoms with Gasteiger partial charge in [0.2, 0.25) is 11.7 Å². The van der Waals surface area contributed by atoms with Crippen molar-refractivity contribution in [2.24, 2.45) is 0 Å². The number of thiophene rings is 1. The van der Waals surface area contributed by atoms with E-state index < -0.39 is 11.6 Å². The molecule has 0 N–H and O–H groups in total. The van der Waals surface area contributed by atoms with E-state index in [1.54, 1.807) is 17.4 Å². The molecule has 0 aliphatic carbocycles. The molecule has 0 spiro atoms. The maximum absolute atomic E-state index is 14.1. The molecule has 1 aliphatic heterocycles. The molecule has 5 nitrogen and oxygen atoms in total. The largest absolute Gasteiger partial charge is 0.339 e. The van der Waals surface area contributed by atoms with E-state index in [9.17, 15) is 8.78 Å². The second kappa shape index (κ2) is 9.11. The Kier molecular flexibility index (Phi) is 6.32. The van der Waals surface area contributed by atoms with Gasteiger partial charge in [-0.25, -0.2) is 8.78 Å². The number of aryl methyl sites for hydroxylation is 1. The lowest BCUT2D eigenvalue weighted by Gasteiger charge is -2.38. The molecule has 1 atom stereocenters. The molecule has 0 radical (unpaired) electrons. The predicted molar refractivity (Wildman–Crippen MR) is 109 cm³/mol. The zero-order valence-corrected chi connectivity index (χ0v) is 17.2. The molecular weight excluding hydrogens is 394 g/mol. The van der Waals surface area contributed by atoms with Crippen LogP contribution in [0.5, 0.6) is 0 Å². The third-order valence-corrected chi connectivity index (χ3v) is 6.31. The number of nitrogens with zero attached hydrogens (tertiary/aromatic N) is 4. The van der Waals surface area contributed by atoms with Crippen LogP contribution >= 0.6 is 11.3 Å². The smallest absolute Gasteiger partial charge is 0.227 e. The Morgan fingerprint density at radius 1 is 1.17 bits per heavy atom. The summed E-state index contributed by atoms with van der Waals surface area (Å²) in [5.74, 6) is 0.325. The molecule has 1 unspecified atom stereocenters. The van der Waals surface area contributed by atoms with Gasteiger partial charge in [-0.15, -0.1) is 11.3 Å². The highest BCUT2D eigenvalue weighted by atomic mass is 32.1. The molecule has 154 valence electrons. The van der Waals surface area contributed by atoms with E-state index in [0.29, 0.717) is 17.3 Å². The summed E-state index contributed by atoms with van der Waals surface area (Å²) in [7, 11) is 0. The lowest BCUT2D eigenvalue weighted by molar-refractivity contribution is 0.0997. The first kappa shape index (κ1) is 20.1. The van der Waals surface area contributed by atoms with E-state index >= 15 is 0 Å². The molecule has 0 bridgehead atoms. The number of piperazine rings is 1. The van der Waals surface area contributed by atoms with E-state index in [2.05, 4.69) is 19.9 Å². The van der Waals surface area contributed by atoms with Crippen LogP contribution in [0.4, 0.5) is 8.78 Å². The quantitative estimate of drug-likeness (QED) is 0.570. The van der Waals surface area contributed by atoms with Gasteiger partial charge in [-0.3, -0.25) is 4.90 Å². The summed E-state index contributed by atoms with van der Waals surface area (Å²) >= 11 is 1.60. The molecule has 2 aromatic heterocycles. The monoisotopic (exact) mass is 418 g/mol. The fraction of sp³-hybridized carbons (Fsp3) is 0.429. The van der Waals surface area contributed by atoms with Gasteiger partial charge in [0, 0.05) is 50.3 Å². The van der Waals surface area contributed by atoms with Gasteiger partial charge in [0.1, 0.15) is 11.6 Å². The van der Waals surface area contributed by atoms with Crippen LogP contribution in [0.1, 0.15) is 30.8 Å². The molecule has 0 amide bonds. The van der Waals surface area contributed by atoms with Crippen LogP contribution in [0.2, 0.25) is 0 Å².